The maximum Gasteiger partial charge on any atom is 0.335 e. The maximum absolute atomic E-state index is 12.8. The average molecular weight is 593 g/mol. The number of nitrogens with zero attached hydrogens (tertiary/aromatic N) is 2. The van der Waals surface area contributed by atoms with Crippen LogP contribution in [0.1, 0.15) is 43.6 Å². The molecule has 0 aliphatic carbocycles. The summed E-state index contributed by atoms with van der Waals surface area (Å²) in [6.45, 7) is 3.74. The number of hydrogen-bond acceptors (Lipinski definition) is 6. The maximum atomic E-state index is 12.8. The molecule has 0 spiro atoms. The number of rotatable bonds is 12. The van der Waals surface area contributed by atoms with E-state index in [1.165, 1.54) is 11.3 Å². The third-order valence-corrected chi connectivity index (χ3v) is 9.82. The predicted octanol–water partition coefficient (Wildman–Crippen LogP) is 5.73. The SMILES string of the molecule is CCC(CC)(c1ccc(NC(=O)CCc2sc(NC(=O)CN(C)C)nc2-c2ccc(Cl)cc2)cc1)P(=O)(O)O. The van der Waals surface area contributed by atoms with Crippen molar-refractivity contribution in [1.29, 1.82) is 0 Å². The highest BCUT2D eigenvalue weighted by molar-refractivity contribution is 7.53. The summed E-state index contributed by atoms with van der Waals surface area (Å²) in [6, 6.07) is 13.9. The summed E-state index contributed by atoms with van der Waals surface area (Å²) in [6.07, 6.45) is 1.16. The Morgan fingerprint density at radius 3 is 2.15 bits per heavy atom. The fourth-order valence-corrected chi connectivity index (χ4v) is 6.84. The Kier molecular flexibility index (Phi) is 10.5. The molecule has 0 saturated heterocycles. The zero-order valence-corrected chi connectivity index (χ0v) is 24.9. The van der Waals surface area contributed by atoms with E-state index in [1.807, 2.05) is 12.1 Å². The lowest BCUT2D eigenvalue weighted by Crippen LogP contribution is -2.26. The number of nitrogens with one attached hydrogen (secondary N) is 2. The molecule has 0 saturated carbocycles. The Morgan fingerprint density at radius 2 is 1.62 bits per heavy atom. The van der Waals surface area contributed by atoms with Crippen LogP contribution >= 0.6 is 30.5 Å². The first-order chi connectivity index (χ1) is 18.4. The van der Waals surface area contributed by atoms with Crippen molar-refractivity contribution >= 4 is 53.2 Å². The number of hydrogen-bond donors (Lipinski definition) is 4. The van der Waals surface area contributed by atoms with E-state index in [2.05, 4.69) is 15.6 Å². The minimum atomic E-state index is -4.39. The van der Waals surface area contributed by atoms with E-state index < -0.39 is 12.8 Å². The standard InChI is InChI=1S/C27H34ClN4O5PS/c1-5-27(6-2,38(35,36)37)19-9-13-21(14-10-19)29-23(33)16-15-22-25(18-7-11-20(28)12-8-18)31-26(39-22)30-24(34)17-32(3)4/h7-14H,5-6,15-17H2,1-4H3,(H,29,33)(H,30,31,34)(H2,35,36,37). The molecule has 2 aromatic carbocycles. The van der Waals surface area contributed by atoms with Crippen molar-refractivity contribution in [2.45, 2.75) is 44.7 Å². The van der Waals surface area contributed by atoms with Crippen molar-refractivity contribution in [3.8, 4) is 11.3 Å². The molecule has 0 fully saturated rings. The van der Waals surface area contributed by atoms with Crippen LogP contribution < -0.4 is 10.6 Å². The summed E-state index contributed by atoms with van der Waals surface area (Å²) < 4.78 is 12.2. The van der Waals surface area contributed by atoms with Crippen molar-refractivity contribution < 1.29 is 23.9 Å². The van der Waals surface area contributed by atoms with Gasteiger partial charge in [-0.05, 0) is 63.2 Å². The third-order valence-electron chi connectivity index (χ3n) is 6.53. The normalized spacial score (nSPS) is 12.0. The zero-order valence-electron chi connectivity index (χ0n) is 22.4. The molecule has 4 N–H and O–H groups in total. The third kappa shape index (κ3) is 7.75. The quantitative estimate of drug-likeness (QED) is 0.198. The van der Waals surface area contributed by atoms with Crippen molar-refractivity contribution in [3.63, 3.8) is 0 Å². The second-order valence-corrected chi connectivity index (χ2v) is 13.0. The van der Waals surface area contributed by atoms with Gasteiger partial charge in [-0.15, -0.1) is 11.3 Å². The van der Waals surface area contributed by atoms with E-state index in [-0.39, 0.29) is 24.8 Å². The Balaban J connectivity index is 1.74. The van der Waals surface area contributed by atoms with Gasteiger partial charge in [0.25, 0.3) is 0 Å². The number of halogens is 1. The van der Waals surface area contributed by atoms with Crippen LogP contribution in [0.15, 0.2) is 48.5 Å². The summed E-state index contributed by atoms with van der Waals surface area (Å²) >= 11 is 7.37. The molecule has 1 heterocycles. The molecule has 3 rings (SSSR count). The fourth-order valence-electron chi connectivity index (χ4n) is 4.41. The number of carbonyl (C=O) groups excluding carboxylic acids is 2. The average Bonchev–Trinajstić information content (AvgIpc) is 3.26. The first kappa shape index (κ1) is 30.9. The highest BCUT2D eigenvalue weighted by Crippen LogP contribution is 2.60. The number of amides is 2. The van der Waals surface area contributed by atoms with Gasteiger partial charge in [0.2, 0.25) is 11.8 Å². The molecule has 0 atom stereocenters. The van der Waals surface area contributed by atoms with E-state index in [4.69, 9.17) is 11.6 Å². The Hall–Kier alpha value is -2.59. The number of likely N-dealkylation sites (N-methyl/N-ethyl adjacent to an activating group) is 1. The minimum Gasteiger partial charge on any atom is -0.326 e. The van der Waals surface area contributed by atoms with Crippen LogP contribution in [-0.2, 0) is 25.7 Å². The van der Waals surface area contributed by atoms with Crippen LogP contribution in [0.5, 0.6) is 0 Å². The van der Waals surface area contributed by atoms with Crippen LogP contribution in [0.2, 0.25) is 5.02 Å². The molecule has 0 unspecified atom stereocenters. The van der Waals surface area contributed by atoms with Crippen LogP contribution in [0.4, 0.5) is 10.8 Å². The summed E-state index contributed by atoms with van der Waals surface area (Å²) in [5.41, 5.74) is 2.59. The van der Waals surface area contributed by atoms with E-state index >= 15 is 0 Å². The van der Waals surface area contributed by atoms with Crippen LogP contribution in [0.3, 0.4) is 0 Å². The summed E-state index contributed by atoms with van der Waals surface area (Å²) in [7, 11) is -0.781. The lowest BCUT2D eigenvalue weighted by atomic mass is 9.92. The largest absolute Gasteiger partial charge is 0.335 e. The van der Waals surface area contributed by atoms with Gasteiger partial charge < -0.3 is 25.3 Å². The number of thiazole rings is 1. The van der Waals surface area contributed by atoms with Gasteiger partial charge in [0, 0.05) is 27.6 Å². The topological polar surface area (TPSA) is 132 Å². The predicted molar refractivity (Wildman–Crippen MR) is 157 cm³/mol. The van der Waals surface area contributed by atoms with Gasteiger partial charge in [-0.3, -0.25) is 14.2 Å². The van der Waals surface area contributed by atoms with Gasteiger partial charge in [-0.2, -0.15) is 0 Å². The Labute approximate surface area is 237 Å². The number of aryl methyl sites for hydroxylation is 1. The summed E-state index contributed by atoms with van der Waals surface area (Å²) in [5, 5.41) is 5.48. The second-order valence-electron chi connectivity index (χ2n) is 9.49. The van der Waals surface area contributed by atoms with Gasteiger partial charge in [-0.1, -0.05) is 49.7 Å². The fraction of sp³-hybridized carbons (Fsp3) is 0.370. The van der Waals surface area contributed by atoms with E-state index in [0.29, 0.717) is 46.4 Å². The van der Waals surface area contributed by atoms with Crippen LogP contribution in [-0.4, -0.2) is 52.1 Å². The smallest absolute Gasteiger partial charge is 0.326 e. The monoisotopic (exact) mass is 592 g/mol. The molecule has 12 heteroatoms. The zero-order chi connectivity index (χ0) is 28.8. The van der Waals surface area contributed by atoms with Gasteiger partial charge in [-0.25, -0.2) is 4.98 Å². The van der Waals surface area contributed by atoms with Crippen LogP contribution in [0.25, 0.3) is 11.3 Å². The first-order valence-corrected chi connectivity index (χ1v) is 15.4. The Morgan fingerprint density at radius 1 is 1.00 bits per heavy atom. The molecule has 0 aliphatic rings. The highest BCUT2D eigenvalue weighted by Gasteiger charge is 2.45. The highest BCUT2D eigenvalue weighted by atomic mass is 35.5. The molecule has 2 amide bonds. The van der Waals surface area contributed by atoms with Gasteiger partial charge in [0.15, 0.2) is 5.13 Å². The van der Waals surface area contributed by atoms with Gasteiger partial charge in [0.1, 0.15) is 0 Å². The van der Waals surface area contributed by atoms with Crippen molar-refractivity contribution in [2.24, 2.45) is 0 Å². The van der Waals surface area contributed by atoms with Crippen molar-refractivity contribution in [3.05, 3.63) is 64.0 Å². The molecule has 0 radical (unpaired) electrons. The van der Waals surface area contributed by atoms with Gasteiger partial charge in [0.05, 0.1) is 17.4 Å². The number of benzene rings is 2. The first-order valence-electron chi connectivity index (χ1n) is 12.5. The van der Waals surface area contributed by atoms with E-state index in [1.54, 1.807) is 69.2 Å². The molecular weight excluding hydrogens is 559 g/mol. The lowest BCUT2D eigenvalue weighted by Gasteiger charge is -2.33. The molecule has 0 aliphatic heterocycles. The van der Waals surface area contributed by atoms with E-state index in [9.17, 15) is 23.9 Å². The Bertz CT molecular complexity index is 1340. The minimum absolute atomic E-state index is 0.173. The molecule has 210 valence electrons. The molecule has 3 aromatic rings. The van der Waals surface area contributed by atoms with Gasteiger partial charge >= 0.3 is 7.60 Å². The molecule has 9 nitrogen and oxygen atoms in total. The second kappa shape index (κ2) is 13.2. The molecule has 39 heavy (non-hydrogen) atoms. The van der Waals surface area contributed by atoms with E-state index in [0.717, 1.165) is 10.4 Å². The van der Waals surface area contributed by atoms with Crippen molar-refractivity contribution in [2.75, 3.05) is 31.3 Å². The lowest BCUT2D eigenvalue weighted by molar-refractivity contribution is -0.117. The number of anilines is 2. The van der Waals surface area contributed by atoms with Crippen LogP contribution in [0, 0.1) is 0 Å². The van der Waals surface area contributed by atoms with Crippen molar-refractivity contribution in [1.82, 2.24) is 9.88 Å². The number of aromatic nitrogens is 1. The molecule has 1 aromatic heterocycles. The molecule has 0 bridgehead atoms. The summed E-state index contributed by atoms with van der Waals surface area (Å²) in [5.74, 6) is -0.401. The molecular formula is C27H34ClN4O5PS. The number of carbonyl (C=O) groups is 2. The summed E-state index contributed by atoms with van der Waals surface area (Å²) in [4.78, 5) is 52.3.